The van der Waals surface area contributed by atoms with E-state index in [0.717, 1.165) is 72.1 Å². The summed E-state index contributed by atoms with van der Waals surface area (Å²) >= 11 is 0. The lowest BCUT2D eigenvalue weighted by Gasteiger charge is -2.20. The van der Waals surface area contributed by atoms with Crippen LogP contribution in [0, 0.1) is 0 Å². The fraction of sp³-hybridized carbons (Fsp3) is 0.385. The molecule has 3 aromatic rings. The fourth-order valence-electron chi connectivity index (χ4n) is 4.57. The molecule has 0 saturated carbocycles. The largest absolute Gasteiger partial charge is 0.493 e. The Morgan fingerprint density at radius 2 is 2.12 bits per heavy atom. The van der Waals surface area contributed by atoms with Gasteiger partial charge in [0, 0.05) is 49.8 Å². The lowest BCUT2D eigenvalue weighted by Crippen LogP contribution is -2.34. The zero-order chi connectivity index (χ0) is 22.8. The minimum absolute atomic E-state index is 0.0127. The minimum atomic E-state index is 0.0127. The van der Waals surface area contributed by atoms with Crippen LogP contribution >= 0.6 is 0 Å². The number of anilines is 1. The molecule has 0 radical (unpaired) electrons. The van der Waals surface area contributed by atoms with Crippen molar-refractivity contribution < 1.29 is 14.3 Å². The SMILES string of the molecule is CCOc1cc2c(cc1/C=C/C(=O)N1CCCN(c3nc4ccccc4[nH]3)CC1)OC(C)C2. The van der Waals surface area contributed by atoms with Crippen molar-refractivity contribution >= 4 is 29.0 Å². The van der Waals surface area contributed by atoms with Crippen LogP contribution in [0.25, 0.3) is 17.1 Å². The molecule has 33 heavy (non-hydrogen) atoms. The number of amides is 1. The van der Waals surface area contributed by atoms with Gasteiger partial charge in [0.1, 0.15) is 17.6 Å². The van der Waals surface area contributed by atoms with Crippen LogP contribution in [0.4, 0.5) is 5.95 Å². The van der Waals surface area contributed by atoms with E-state index in [9.17, 15) is 4.79 Å². The van der Waals surface area contributed by atoms with Crippen molar-refractivity contribution in [1.82, 2.24) is 14.9 Å². The van der Waals surface area contributed by atoms with E-state index < -0.39 is 0 Å². The predicted molar refractivity (Wildman–Crippen MR) is 130 cm³/mol. The summed E-state index contributed by atoms with van der Waals surface area (Å²) in [5.41, 5.74) is 4.03. The van der Waals surface area contributed by atoms with Crippen molar-refractivity contribution in [2.24, 2.45) is 0 Å². The first-order valence-corrected chi connectivity index (χ1v) is 11.7. The van der Waals surface area contributed by atoms with Gasteiger partial charge in [0.25, 0.3) is 0 Å². The third kappa shape index (κ3) is 4.53. The standard InChI is InChI=1S/C26H30N4O3/c1-3-32-23-17-20-15-18(2)33-24(20)16-19(23)9-10-25(31)29-11-6-12-30(14-13-29)26-27-21-7-4-5-8-22(21)28-26/h4-5,7-10,16-18H,3,6,11-15H2,1-2H3,(H,27,28)/b10-9+. The Labute approximate surface area is 194 Å². The van der Waals surface area contributed by atoms with Crippen LogP contribution in [0.3, 0.4) is 0 Å². The zero-order valence-electron chi connectivity index (χ0n) is 19.2. The van der Waals surface area contributed by atoms with Gasteiger partial charge >= 0.3 is 0 Å². The molecule has 0 spiro atoms. The molecule has 5 rings (SSSR count). The first kappa shape index (κ1) is 21.4. The van der Waals surface area contributed by atoms with Gasteiger partial charge in [0.15, 0.2) is 0 Å². The Morgan fingerprint density at radius 1 is 1.24 bits per heavy atom. The summed E-state index contributed by atoms with van der Waals surface area (Å²) in [7, 11) is 0. The maximum atomic E-state index is 13.0. The summed E-state index contributed by atoms with van der Waals surface area (Å²) < 4.78 is 11.7. The number of H-pyrrole nitrogens is 1. The Balaban J connectivity index is 1.27. The van der Waals surface area contributed by atoms with Crippen LogP contribution < -0.4 is 14.4 Å². The molecule has 1 saturated heterocycles. The van der Waals surface area contributed by atoms with Crippen molar-refractivity contribution in [3.05, 3.63) is 53.6 Å². The second-order valence-electron chi connectivity index (χ2n) is 8.64. The fourth-order valence-corrected chi connectivity index (χ4v) is 4.57. The molecule has 0 aliphatic carbocycles. The topological polar surface area (TPSA) is 70.7 Å². The second-order valence-corrected chi connectivity index (χ2v) is 8.64. The third-order valence-corrected chi connectivity index (χ3v) is 6.22. The van der Waals surface area contributed by atoms with Gasteiger partial charge in [0.05, 0.1) is 17.6 Å². The van der Waals surface area contributed by atoms with Gasteiger partial charge in [-0.25, -0.2) is 4.98 Å². The smallest absolute Gasteiger partial charge is 0.246 e. The van der Waals surface area contributed by atoms with E-state index in [1.807, 2.05) is 54.3 Å². The summed E-state index contributed by atoms with van der Waals surface area (Å²) in [5.74, 6) is 2.56. The van der Waals surface area contributed by atoms with Crippen LogP contribution in [0.15, 0.2) is 42.5 Å². The van der Waals surface area contributed by atoms with Gasteiger partial charge in [-0.05, 0) is 50.6 Å². The van der Waals surface area contributed by atoms with Crippen LogP contribution in [0.5, 0.6) is 11.5 Å². The van der Waals surface area contributed by atoms with Crippen LogP contribution in [0.1, 0.15) is 31.4 Å². The third-order valence-electron chi connectivity index (χ3n) is 6.22. The van der Waals surface area contributed by atoms with E-state index >= 15 is 0 Å². The van der Waals surface area contributed by atoms with Crippen molar-refractivity contribution in [3.8, 4) is 11.5 Å². The molecular weight excluding hydrogens is 416 g/mol. The Kier molecular flexibility index (Phi) is 5.94. The number of hydrogen-bond donors (Lipinski definition) is 1. The summed E-state index contributed by atoms with van der Waals surface area (Å²) in [5, 5.41) is 0. The second kappa shape index (κ2) is 9.17. The summed E-state index contributed by atoms with van der Waals surface area (Å²) in [6.07, 6.45) is 5.45. The molecule has 3 heterocycles. The minimum Gasteiger partial charge on any atom is -0.493 e. The molecule has 1 amide bonds. The van der Waals surface area contributed by atoms with Gasteiger partial charge in [0.2, 0.25) is 11.9 Å². The van der Waals surface area contributed by atoms with Gasteiger partial charge in [-0.1, -0.05) is 12.1 Å². The summed E-state index contributed by atoms with van der Waals surface area (Å²) in [4.78, 5) is 25.2. The van der Waals surface area contributed by atoms with E-state index in [1.165, 1.54) is 0 Å². The van der Waals surface area contributed by atoms with E-state index in [1.54, 1.807) is 6.08 Å². The van der Waals surface area contributed by atoms with Crippen molar-refractivity contribution in [2.75, 3.05) is 37.7 Å². The van der Waals surface area contributed by atoms with E-state index in [0.29, 0.717) is 13.2 Å². The molecule has 1 atom stereocenters. The van der Waals surface area contributed by atoms with Crippen LogP contribution in [-0.4, -0.2) is 59.7 Å². The Morgan fingerprint density at radius 3 is 2.97 bits per heavy atom. The van der Waals surface area contributed by atoms with E-state index in [-0.39, 0.29) is 12.0 Å². The highest BCUT2D eigenvalue weighted by molar-refractivity contribution is 5.92. The number of ether oxygens (including phenoxy) is 2. The molecule has 0 bridgehead atoms. The number of carbonyl (C=O) groups excluding carboxylic acids is 1. The highest BCUT2D eigenvalue weighted by Gasteiger charge is 2.22. The monoisotopic (exact) mass is 446 g/mol. The van der Waals surface area contributed by atoms with Crippen molar-refractivity contribution in [1.29, 1.82) is 0 Å². The number of para-hydroxylation sites is 2. The first-order chi connectivity index (χ1) is 16.1. The molecule has 1 aromatic heterocycles. The summed E-state index contributed by atoms with van der Waals surface area (Å²) in [6.45, 7) is 7.60. The van der Waals surface area contributed by atoms with Gasteiger partial charge < -0.3 is 24.3 Å². The number of carbonyl (C=O) groups is 1. The number of imidazole rings is 1. The maximum absolute atomic E-state index is 13.0. The predicted octanol–water partition coefficient (Wildman–Crippen LogP) is 4.04. The summed E-state index contributed by atoms with van der Waals surface area (Å²) in [6, 6.07) is 12.1. The first-order valence-electron chi connectivity index (χ1n) is 11.7. The maximum Gasteiger partial charge on any atom is 0.246 e. The van der Waals surface area contributed by atoms with Gasteiger partial charge in [-0.3, -0.25) is 4.79 Å². The van der Waals surface area contributed by atoms with E-state index in [2.05, 4.69) is 16.8 Å². The van der Waals surface area contributed by atoms with E-state index in [4.69, 9.17) is 14.5 Å². The van der Waals surface area contributed by atoms with Crippen molar-refractivity contribution in [2.45, 2.75) is 32.8 Å². The number of rotatable bonds is 5. The lowest BCUT2D eigenvalue weighted by molar-refractivity contribution is -0.125. The van der Waals surface area contributed by atoms with Crippen molar-refractivity contribution in [3.63, 3.8) is 0 Å². The molecular formula is C26H30N4O3. The number of fused-ring (bicyclic) bond motifs is 2. The Bertz CT molecular complexity index is 1150. The quantitative estimate of drug-likeness (QED) is 0.599. The zero-order valence-corrected chi connectivity index (χ0v) is 19.2. The van der Waals surface area contributed by atoms with Gasteiger partial charge in [-0.2, -0.15) is 0 Å². The lowest BCUT2D eigenvalue weighted by atomic mass is 10.1. The average molecular weight is 447 g/mol. The number of aromatic amines is 1. The molecule has 1 N–H and O–H groups in total. The number of benzene rings is 2. The molecule has 172 valence electrons. The Hall–Kier alpha value is -3.48. The molecule has 7 heteroatoms. The highest BCUT2D eigenvalue weighted by atomic mass is 16.5. The highest BCUT2D eigenvalue weighted by Crippen LogP contribution is 2.35. The number of nitrogens with zero attached hydrogens (tertiary/aromatic N) is 3. The van der Waals surface area contributed by atoms with Gasteiger partial charge in [-0.15, -0.1) is 0 Å². The van der Waals surface area contributed by atoms with Crippen LogP contribution in [-0.2, 0) is 11.2 Å². The molecule has 2 aromatic carbocycles. The van der Waals surface area contributed by atoms with Crippen LogP contribution in [0.2, 0.25) is 0 Å². The molecule has 1 unspecified atom stereocenters. The average Bonchev–Trinajstić information content (AvgIpc) is 3.30. The molecule has 1 fully saturated rings. The normalized spacial score (nSPS) is 18.4. The number of aromatic nitrogens is 2. The molecule has 7 nitrogen and oxygen atoms in total. The molecule has 2 aliphatic heterocycles. The number of hydrogen-bond acceptors (Lipinski definition) is 5. The number of nitrogens with one attached hydrogen (secondary N) is 1. The molecule has 2 aliphatic rings.